The first-order valence-corrected chi connectivity index (χ1v) is 4.37. The second kappa shape index (κ2) is 2.58. The van der Waals surface area contributed by atoms with E-state index in [0.29, 0.717) is 10.5 Å². The van der Waals surface area contributed by atoms with Gasteiger partial charge < -0.3 is 4.12 Å². The minimum Gasteiger partial charge on any atom is -0.445 e. The molecule has 0 amide bonds. The average Bonchev–Trinajstić information content (AvgIpc) is 1.38. The van der Waals surface area contributed by atoms with Crippen molar-refractivity contribution >= 4 is 19.8 Å². The standard InChI is InChI=1S/CH7O2Si2/c1-5(2)3-4/h5H,1,4H3. The number of hydrogen-bond acceptors (Lipinski definition) is 1. The molecule has 31 valence electrons. The summed E-state index contributed by atoms with van der Waals surface area (Å²) >= 11 is 0. The Hall–Kier alpha value is 0.354. The van der Waals surface area contributed by atoms with Crippen molar-refractivity contribution in [2.45, 2.75) is 6.55 Å². The summed E-state index contributed by atoms with van der Waals surface area (Å²) in [5.74, 6) is 0. The van der Waals surface area contributed by atoms with Crippen LogP contribution in [0.2, 0.25) is 6.55 Å². The molecule has 0 aromatic rings. The average molecular weight is 107 g/mol. The van der Waals surface area contributed by atoms with Crippen LogP contribution in [-0.4, -0.2) is 19.8 Å². The van der Waals surface area contributed by atoms with Gasteiger partial charge in [-0.3, -0.25) is 4.80 Å². The molecule has 0 aliphatic carbocycles. The van der Waals surface area contributed by atoms with Gasteiger partial charge in [0.25, 0.3) is 0 Å². The van der Waals surface area contributed by atoms with Gasteiger partial charge in [0.15, 0.2) is 0 Å². The molecule has 0 aliphatic heterocycles. The van der Waals surface area contributed by atoms with Gasteiger partial charge in [0.1, 0.15) is 10.5 Å². The van der Waals surface area contributed by atoms with Crippen molar-refractivity contribution in [1.29, 1.82) is 0 Å². The van der Waals surface area contributed by atoms with Crippen LogP contribution in [0.1, 0.15) is 0 Å². The second-order valence-electron chi connectivity index (χ2n) is 0.803. The van der Waals surface area contributed by atoms with E-state index in [1.54, 1.807) is 6.55 Å². The predicted molar refractivity (Wildman–Crippen MR) is 24.7 cm³/mol. The monoisotopic (exact) mass is 107 g/mol. The minimum atomic E-state index is -1.84. The zero-order valence-corrected chi connectivity index (χ0v) is 6.55. The summed E-state index contributed by atoms with van der Waals surface area (Å²) in [6.45, 7) is 1.62. The molecule has 2 nitrogen and oxygen atoms in total. The fourth-order valence-electron chi connectivity index (χ4n) is 0. The quantitative estimate of drug-likeness (QED) is 0.377. The molecule has 1 unspecified atom stereocenters. The van der Waals surface area contributed by atoms with Crippen LogP contribution in [0.4, 0.5) is 0 Å². The second-order valence-corrected chi connectivity index (χ2v) is 3.82. The van der Waals surface area contributed by atoms with E-state index in [1.165, 1.54) is 0 Å². The van der Waals surface area contributed by atoms with Crippen molar-refractivity contribution < 1.29 is 8.91 Å². The van der Waals surface area contributed by atoms with Crippen molar-refractivity contribution in [3.63, 3.8) is 0 Å². The van der Waals surface area contributed by atoms with E-state index in [-0.39, 0.29) is 0 Å². The van der Waals surface area contributed by atoms with Crippen LogP contribution in [0.15, 0.2) is 0 Å². The lowest BCUT2D eigenvalue weighted by Crippen LogP contribution is -2.06. The van der Waals surface area contributed by atoms with E-state index in [0.717, 1.165) is 0 Å². The molecule has 1 radical (unpaired) electrons. The Morgan fingerprint density at radius 1 is 2.00 bits per heavy atom. The summed E-state index contributed by atoms with van der Waals surface area (Å²) in [4.78, 5) is 9.85. The van der Waals surface area contributed by atoms with Gasteiger partial charge in [0, 0.05) is 0 Å². The maximum Gasteiger partial charge on any atom is 0.345 e. The SMILES string of the molecule is C[SiH]([O])O[SiH3]. The Morgan fingerprint density at radius 2 is 2.20 bits per heavy atom. The molecule has 0 heterocycles. The van der Waals surface area contributed by atoms with Crippen LogP contribution in [0.25, 0.3) is 0 Å². The zero-order chi connectivity index (χ0) is 4.28. The molecule has 1 atom stereocenters. The first-order chi connectivity index (χ1) is 2.27. The molecule has 0 rings (SSSR count). The lowest BCUT2D eigenvalue weighted by Gasteiger charge is -1.88. The van der Waals surface area contributed by atoms with Gasteiger partial charge in [-0.1, -0.05) is 0 Å². The van der Waals surface area contributed by atoms with E-state index >= 15 is 0 Å². The highest BCUT2D eigenvalue weighted by Gasteiger charge is 1.90. The van der Waals surface area contributed by atoms with Gasteiger partial charge in [-0.2, -0.15) is 0 Å². The maximum atomic E-state index is 9.85. The normalized spacial score (nSPS) is 15.6. The minimum absolute atomic E-state index is 0.623. The van der Waals surface area contributed by atoms with Crippen LogP contribution < -0.4 is 0 Å². The highest BCUT2D eigenvalue weighted by molar-refractivity contribution is 6.45. The van der Waals surface area contributed by atoms with Crippen molar-refractivity contribution in [3.05, 3.63) is 0 Å². The summed E-state index contributed by atoms with van der Waals surface area (Å²) in [5, 5.41) is 0. The molecule has 0 fully saturated rings. The molecule has 0 aromatic carbocycles. The third kappa shape index (κ3) is 4.35. The molecule has 0 saturated heterocycles. The van der Waals surface area contributed by atoms with Gasteiger partial charge in [0.05, 0.1) is 0 Å². The van der Waals surface area contributed by atoms with E-state index in [9.17, 15) is 4.80 Å². The Kier molecular flexibility index (Phi) is 2.77. The van der Waals surface area contributed by atoms with Gasteiger partial charge in [0.2, 0.25) is 0 Å². The predicted octanol–water partition coefficient (Wildman–Crippen LogP) is -1.44. The van der Waals surface area contributed by atoms with Crippen molar-refractivity contribution in [1.82, 2.24) is 0 Å². The van der Waals surface area contributed by atoms with E-state index in [4.69, 9.17) is 0 Å². The molecule has 0 saturated carbocycles. The van der Waals surface area contributed by atoms with Gasteiger partial charge >= 0.3 is 9.28 Å². The summed E-state index contributed by atoms with van der Waals surface area (Å²) < 4.78 is 4.47. The third-order valence-corrected chi connectivity index (χ3v) is 2.99. The highest BCUT2D eigenvalue weighted by Crippen LogP contribution is 1.67. The van der Waals surface area contributed by atoms with Crippen molar-refractivity contribution in [3.8, 4) is 0 Å². The Labute approximate surface area is 36.2 Å². The van der Waals surface area contributed by atoms with Crippen LogP contribution >= 0.6 is 0 Å². The van der Waals surface area contributed by atoms with Gasteiger partial charge in [-0.05, 0) is 6.55 Å². The first kappa shape index (κ1) is 5.35. The highest BCUT2D eigenvalue weighted by atomic mass is 28.3. The van der Waals surface area contributed by atoms with Gasteiger partial charge in [-0.25, -0.2) is 0 Å². The smallest absolute Gasteiger partial charge is 0.345 e. The topological polar surface area (TPSA) is 29.1 Å². The fraction of sp³-hybridized carbons (Fsp3) is 1.00. The Bertz CT molecular complexity index is 21.6. The molecule has 0 N–H and O–H groups in total. The number of hydrogen-bond donors (Lipinski definition) is 0. The van der Waals surface area contributed by atoms with E-state index in [2.05, 4.69) is 4.12 Å². The lowest BCUT2D eigenvalue weighted by atomic mass is 11.9. The van der Waals surface area contributed by atoms with Crippen LogP contribution in [0.5, 0.6) is 0 Å². The summed E-state index contributed by atoms with van der Waals surface area (Å²) in [6.07, 6.45) is 0. The molecule has 0 bridgehead atoms. The zero-order valence-electron chi connectivity index (χ0n) is 3.39. The summed E-state index contributed by atoms with van der Waals surface area (Å²) in [7, 11) is -1.22. The molecule has 0 aliphatic rings. The molecule has 4 heteroatoms. The molecular formula is CH7O2Si2. The third-order valence-electron chi connectivity index (χ3n) is 0.332. The van der Waals surface area contributed by atoms with Crippen LogP contribution in [0, 0.1) is 0 Å². The molecule has 5 heavy (non-hydrogen) atoms. The maximum absolute atomic E-state index is 9.85. The van der Waals surface area contributed by atoms with Gasteiger partial charge in [-0.15, -0.1) is 0 Å². The summed E-state index contributed by atoms with van der Waals surface area (Å²) in [5.41, 5.74) is 0. The number of rotatable bonds is 1. The lowest BCUT2D eigenvalue weighted by molar-refractivity contribution is 0.364. The molecule has 0 spiro atoms. The van der Waals surface area contributed by atoms with Crippen molar-refractivity contribution in [2.24, 2.45) is 0 Å². The fourth-order valence-corrected chi connectivity index (χ4v) is 0. The van der Waals surface area contributed by atoms with Crippen LogP contribution in [0.3, 0.4) is 0 Å². The van der Waals surface area contributed by atoms with Crippen LogP contribution in [-0.2, 0) is 8.91 Å². The molecule has 0 aromatic heterocycles. The molecular weight excluding hydrogens is 100 g/mol. The first-order valence-electron chi connectivity index (χ1n) is 1.46. The van der Waals surface area contributed by atoms with E-state index in [1.807, 2.05) is 0 Å². The Morgan fingerprint density at radius 3 is 2.20 bits per heavy atom. The Balaban J connectivity index is 2.54. The largest absolute Gasteiger partial charge is 0.445 e. The van der Waals surface area contributed by atoms with Crippen molar-refractivity contribution in [2.75, 3.05) is 0 Å². The van der Waals surface area contributed by atoms with E-state index < -0.39 is 9.28 Å². The summed E-state index contributed by atoms with van der Waals surface area (Å²) in [6, 6.07) is 0.